The molecule has 0 aliphatic carbocycles. The largest absolute Gasteiger partial charge is 0.348 e. The fourth-order valence-electron chi connectivity index (χ4n) is 3.53. The van der Waals surface area contributed by atoms with Crippen LogP contribution in [0, 0.1) is 6.92 Å². The van der Waals surface area contributed by atoms with Crippen LogP contribution in [0.1, 0.15) is 37.7 Å². The maximum Gasteiger partial charge on any atom is 0.309 e. The molecule has 1 aromatic rings. The van der Waals surface area contributed by atoms with E-state index in [4.69, 9.17) is 0 Å². The predicted molar refractivity (Wildman–Crippen MR) is 117 cm³/mol. The van der Waals surface area contributed by atoms with Crippen LogP contribution in [-0.4, -0.2) is 75.8 Å². The smallest absolute Gasteiger partial charge is 0.309 e. The number of hydrogen-bond donors (Lipinski definition) is 2. The van der Waals surface area contributed by atoms with Crippen molar-refractivity contribution in [1.82, 2.24) is 19.8 Å². The van der Waals surface area contributed by atoms with Crippen molar-refractivity contribution in [2.45, 2.75) is 50.0 Å². The summed E-state index contributed by atoms with van der Waals surface area (Å²) in [6, 6.07) is 6.68. The summed E-state index contributed by atoms with van der Waals surface area (Å²) < 4.78 is 27.7. The minimum Gasteiger partial charge on any atom is -0.348 e. The number of rotatable bonds is 9. The molecule has 0 radical (unpaired) electrons. The molecule has 1 aliphatic rings. The molecule has 1 heterocycles. The monoisotopic (exact) mass is 438 g/mol. The quantitative estimate of drug-likeness (QED) is 0.445. The zero-order chi connectivity index (χ0) is 22.1. The number of nitrogens with one attached hydrogen (secondary N) is 2. The highest BCUT2D eigenvalue weighted by molar-refractivity contribution is 7.89. The summed E-state index contributed by atoms with van der Waals surface area (Å²) in [4.78, 5) is 26.1. The summed E-state index contributed by atoms with van der Waals surface area (Å²) in [5.74, 6) is -1.33. The van der Waals surface area contributed by atoms with Gasteiger partial charge in [0.1, 0.15) is 0 Å². The van der Waals surface area contributed by atoms with E-state index in [0.717, 1.165) is 37.8 Å². The van der Waals surface area contributed by atoms with Gasteiger partial charge in [-0.25, -0.2) is 8.42 Å². The Balaban J connectivity index is 1.86. The molecule has 1 saturated heterocycles. The third kappa shape index (κ3) is 7.07. The number of aryl methyl sites for hydroxylation is 1. The molecule has 0 saturated carbocycles. The first kappa shape index (κ1) is 24.3. The van der Waals surface area contributed by atoms with Crippen LogP contribution in [0.15, 0.2) is 29.2 Å². The van der Waals surface area contributed by atoms with Gasteiger partial charge in [0.15, 0.2) is 0 Å². The summed E-state index contributed by atoms with van der Waals surface area (Å²) in [6.07, 6.45) is 3.76. The number of carbonyl (C=O) groups is 2. The van der Waals surface area contributed by atoms with Gasteiger partial charge in [0.05, 0.1) is 4.90 Å². The average Bonchev–Trinajstić information content (AvgIpc) is 2.71. The van der Waals surface area contributed by atoms with Crippen LogP contribution < -0.4 is 10.6 Å². The summed E-state index contributed by atoms with van der Waals surface area (Å²) >= 11 is 0. The molecule has 0 bridgehead atoms. The van der Waals surface area contributed by atoms with E-state index in [1.54, 1.807) is 28.6 Å². The zero-order valence-electron chi connectivity index (χ0n) is 18.2. The van der Waals surface area contributed by atoms with Gasteiger partial charge in [-0.1, -0.05) is 24.1 Å². The minimum atomic E-state index is -3.58. The standard InChI is InChI=1S/C21H34N4O4S/c1-17-8-10-19(11-9-17)30(28,29)25-16-5-4-7-18(25)12-14-23-21(27)20(26)22-13-6-15-24(2)3/h8-11,18H,4-7,12-16H2,1-3H3,(H,22,26)(H,23,27). The van der Waals surface area contributed by atoms with E-state index in [-0.39, 0.29) is 12.6 Å². The molecule has 0 aromatic heterocycles. The van der Waals surface area contributed by atoms with Gasteiger partial charge in [0.25, 0.3) is 0 Å². The van der Waals surface area contributed by atoms with Gasteiger partial charge >= 0.3 is 11.8 Å². The second kappa shape index (κ2) is 11.4. The van der Waals surface area contributed by atoms with Crippen molar-refractivity contribution < 1.29 is 18.0 Å². The third-order valence-corrected chi connectivity index (χ3v) is 7.20. The van der Waals surface area contributed by atoms with Crippen LogP contribution in [0.2, 0.25) is 0 Å². The molecule has 1 atom stereocenters. The fourth-order valence-corrected chi connectivity index (χ4v) is 5.26. The van der Waals surface area contributed by atoms with Crippen molar-refractivity contribution in [3.63, 3.8) is 0 Å². The van der Waals surface area contributed by atoms with E-state index >= 15 is 0 Å². The van der Waals surface area contributed by atoms with Gasteiger partial charge in [-0.05, 0) is 65.4 Å². The van der Waals surface area contributed by atoms with Crippen molar-refractivity contribution in [2.75, 3.05) is 40.3 Å². The topological polar surface area (TPSA) is 98.8 Å². The highest BCUT2D eigenvalue weighted by Crippen LogP contribution is 2.27. The Morgan fingerprint density at radius 1 is 1.07 bits per heavy atom. The number of nitrogens with zero attached hydrogens (tertiary/aromatic N) is 2. The van der Waals surface area contributed by atoms with Gasteiger partial charge in [-0.15, -0.1) is 0 Å². The molecule has 2 rings (SSSR count). The number of piperidine rings is 1. The summed E-state index contributed by atoms with van der Waals surface area (Å²) in [5.41, 5.74) is 1.01. The predicted octanol–water partition coefficient (Wildman–Crippen LogP) is 1.11. The van der Waals surface area contributed by atoms with Crippen LogP contribution in [0.25, 0.3) is 0 Å². The molecule has 9 heteroatoms. The van der Waals surface area contributed by atoms with Crippen LogP contribution in [0.5, 0.6) is 0 Å². The Bertz CT molecular complexity index is 809. The molecule has 1 aliphatic heterocycles. The van der Waals surface area contributed by atoms with Gasteiger partial charge in [-0.3, -0.25) is 9.59 Å². The molecule has 0 spiro atoms. The lowest BCUT2D eigenvalue weighted by atomic mass is 10.0. The van der Waals surface area contributed by atoms with E-state index < -0.39 is 21.8 Å². The SMILES string of the molecule is Cc1ccc(S(=O)(=O)N2CCCCC2CCNC(=O)C(=O)NCCCN(C)C)cc1. The van der Waals surface area contributed by atoms with Gasteiger partial charge in [-0.2, -0.15) is 4.31 Å². The number of carbonyl (C=O) groups excluding carboxylic acids is 2. The Morgan fingerprint density at radius 2 is 1.70 bits per heavy atom. The molecule has 2 N–H and O–H groups in total. The maximum atomic E-state index is 13.1. The average molecular weight is 439 g/mol. The van der Waals surface area contributed by atoms with E-state index in [2.05, 4.69) is 10.6 Å². The molecule has 1 aromatic carbocycles. The highest BCUT2D eigenvalue weighted by Gasteiger charge is 2.33. The van der Waals surface area contributed by atoms with Crippen molar-refractivity contribution in [3.05, 3.63) is 29.8 Å². The fraction of sp³-hybridized carbons (Fsp3) is 0.619. The van der Waals surface area contributed by atoms with Crippen molar-refractivity contribution >= 4 is 21.8 Å². The Morgan fingerprint density at radius 3 is 2.33 bits per heavy atom. The molecule has 8 nitrogen and oxygen atoms in total. The first-order chi connectivity index (χ1) is 14.2. The molecule has 1 unspecified atom stereocenters. The summed E-state index contributed by atoms with van der Waals surface area (Å²) in [5, 5.41) is 5.22. The van der Waals surface area contributed by atoms with Crippen LogP contribution >= 0.6 is 0 Å². The number of hydrogen-bond acceptors (Lipinski definition) is 5. The lowest BCUT2D eigenvalue weighted by molar-refractivity contribution is -0.139. The van der Waals surface area contributed by atoms with Crippen LogP contribution in [0.4, 0.5) is 0 Å². The van der Waals surface area contributed by atoms with E-state index in [0.29, 0.717) is 24.4 Å². The van der Waals surface area contributed by atoms with Crippen molar-refractivity contribution in [2.24, 2.45) is 0 Å². The lowest BCUT2D eigenvalue weighted by Crippen LogP contribution is -2.46. The first-order valence-corrected chi connectivity index (χ1v) is 11.9. The number of benzene rings is 1. The highest BCUT2D eigenvalue weighted by atomic mass is 32.2. The molecule has 2 amide bonds. The van der Waals surface area contributed by atoms with Crippen molar-refractivity contribution in [1.29, 1.82) is 0 Å². The van der Waals surface area contributed by atoms with Gasteiger partial charge in [0, 0.05) is 25.7 Å². The Kier molecular flexibility index (Phi) is 9.26. The summed E-state index contributed by atoms with van der Waals surface area (Å²) in [7, 11) is 0.313. The van der Waals surface area contributed by atoms with Crippen LogP contribution in [-0.2, 0) is 19.6 Å². The maximum absolute atomic E-state index is 13.1. The van der Waals surface area contributed by atoms with E-state index in [9.17, 15) is 18.0 Å². The lowest BCUT2D eigenvalue weighted by Gasteiger charge is -2.34. The molecular weight excluding hydrogens is 404 g/mol. The van der Waals surface area contributed by atoms with E-state index in [1.165, 1.54) is 0 Å². The normalized spacial score (nSPS) is 17.7. The van der Waals surface area contributed by atoms with Gasteiger partial charge < -0.3 is 15.5 Å². The first-order valence-electron chi connectivity index (χ1n) is 10.5. The molecule has 30 heavy (non-hydrogen) atoms. The number of amides is 2. The second-order valence-electron chi connectivity index (χ2n) is 8.04. The third-order valence-electron chi connectivity index (χ3n) is 5.24. The summed E-state index contributed by atoms with van der Waals surface area (Å²) in [6.45, 7) is 3.92. The molecule has 168 valence electrons. The Labute approximate surface area is 180 Å². The molecular formula is C21H34N4O4S. The zero-order valence-corrected chi connectivity index (χ0v) is 19.0. The Hall–Kier alpha value is -1.97. The van der Waals surface area contributed by atoms with Crippen LogP contribution in [0.3, 0.4) is 0 Å². The van der Waals surface area contributed by atoms with Gasteiger partial charge in [0.2, 0.25) is 10.0 Å². The molecule has 1 fully saturated rings. The second-order valence-corrected chi connectivity index (χ2v) is 9.93. The number of sulfonamides is 1. The van der Waals surface area contributed by atoms with E-state index in [1.807, 2.05) is 25.9 Å². The van der Waals surface area contributed by atoms with Crippen molar-refractivity contribution in [3.8, 4) is 0 Å². The minimum absolute atomic E-state index is 0.187.